The second-order valence-corrected chi connectivity index (χ2v) is 4.25. The lowest BCUT2D eigenvalue weighted by Gasteiger charge is -2.31. The van der Waals surface area contributed by atoms with Gasteiger partial charge in [0.2, 0.25) is 0 Å². The van der Waals surface area contributed by atoms with Gasteiger partial charge in [0.25, 0.3) is 0 Å². The van der Waals surface area contributed by atoms with Crippen LogP contribution in [0.25, 0.3) is 0 Å². The Hall–Kier alpha value is -1.24. The molecule has 0 aromatic carbocycles. The number of carbonyl (C=O) groups excluding carboxylic acids is 1. The highest BCUT2D eigenvalue weighted by atomic mass is 16.6. The number of rotatable bonds is 2. The number of hydrogen-bond donors (Lipinski definition) is 0. The summed E-state index contributed by atoms with van der Waals surface area (Å²) < 4.78 is 5.12. The van der Waals surface area contributed by atoms with Gasteiger partial charge in [-0.3, -0.25) is 0 Å². The molecule has 1 unspecified atom stereocenters. The molecular weight excluding hydrogens is 192 g/mol. The number of nitriles is 1. The van der Waals surface area contributed by atoms with Gasteiger partial charge in [-0.2, -0.15) is 5.26 Å². The molecule has 1 atom stereocenters. The zero-order valence-electron chi connectivity index (χ0n) is 9.40. The molecule has 0 aliphatic carbocycles. The summed E-state index contributed by atoms with van der Waals surface area (Å²) in [4.78, 5) is 13.3. The number of piperidine rings is 1. The Bertz CT molecular complexity index is 258. The largest absolute Gasteiger partial charge is 0.447 e. The van der Waals surface area contributed by atoms with Crippen molar-refractivity contribution in [2.45, 2.75) is 39.2 Å². The van der Waals surface area contributed by atoms with E-state index in [4.69, 9.17) is 10.00 Å². The van der Waals surface area contributed by atoms with Gasteiger partial charge in [0, 0.05) is 19.5 Å². The molecule has 84 valence electrons. The molecule has 1 aliphatic rings. The van der Waals surface area contributed by atoms with Crippen LogP contribution in [0.15, 0.2) is 0 Å². The number of nitrogens with zero attached hydrogens (tertiary/aromatic N) is 2. The molecule has 1 saturated heterocycles. The van der Waals surface area contributed by atoms with E-state index in [0.29, 0.717) is 18.9 Å². The van der Waals surface area contributed by atoms with E-state index in [1.54, 1.807) is 4.90 Å². The summed E-state index contributed by atoms with van der Waals surface area (Å²) in [5.41, 5.74) is 0. The van der Waals surface area contributed by atoms with Crippen LogP contribution in [0.3, 0.4) is 0 Å². The van der Waals surface area contributed by atoms with Gasteiger partial charge in [-0.25, -0.2) is 4.79 Å². The van der Waals surface area contributed by atoms with E-state index in [-0.39, 0.29) is 12.2 Å². The minimum absolute atomic E-state index is 0.0751. The van der Waals surface area contributed by atoms with E-state index in [1.807, 2.05) is 13.8 Å². The normalized spacial score (nSPS) is 21.2. The Balaban J connectivity index is 2.42. The van der Waals surface area contributed by atoms with Crippen molar-refractivity contribution >= 4 is 6.09 Å². The Morgan fingerprint density at radius 1 is 1.67 bits per heavy atom. The topological polar surface area (TPSA) is 53.3 Å². The highest BCUT2D eigenvalue weighted by molar-refractivity contribution is 5.67. The molecule has 0 spiro atoms. The Morgan fingerprint density at radius 2 is 2.40 bits per heavy atom. The maximum Gasteiger partial charge on any atom is 0.410 e. The first-order valence-corrected chi connectivity index (χ1v) is 5.46. The average Bonchev–Trinajstić information content (AvgIpc) is 2.17. The van der Waals surface area contributed by atoms with Crippen LogP contribution >= 0.6 is 0 Å². The highest BCUT2D eigenvalue weighted by Crippen LogP contribution is 2.19. The van der Waals surface area contributed by atoms with Crippen molar-refractivity contribution in [2.24, 2.45) is 5.92 Å². The van der Waals surface area contributed by atoms with Gasteiger partial charge in [0.1, 0.15) is 0 Å². The number of ether oxygens (including phenoxy) is 1. The predicted octanol–water partition coefficient (Wildman–Crippen LogP) is 2.16. The summed E-state index contributed by atoms with van der Waals surface area (Å²) in [5.74, 6) is 0.323. The molecule has 1 amide bonds. The molecule has 0 aromatic rings. The molecule has 15 heavy (non-hydrogen) atoms. The number of likely N-dealkylation sites (tertiary alicyclic amines) is 1. The molecule has 4 heteroatoms. The Kier molecular flexibility index (Phi) is 4.41. The first-order valence-electron chi connectivity index (χ1n) is 5.46. The Labute approximate surface area is 90.8 Å². The first-order chi connectivity index (χ1) is 7.13. The standard InChI is InChI=1S/C11H18N2O2/c1-9(2)15-11(14)13-7-3-4-10(8-13)5-6-12/h9-10H,3-5,7-8H2,1-2H3. The molecule has 1 aliphatic heterocycles. The van der Waals surface area contributed by atoms with Gasteiger partial charge < -0.3 is 9.64 Å². The van der Waals surface area contributed by atoms with Crippen LogP contribution in [-0.2, 0) is 4.74 Å². The van der Waals surface area contributed by atoms with Gasteiger partial charge in [0.15, 0.2) is 0 Å². The summed E-state index contributed by atoms with van der Waals surface area (Å²) in [6.45, 7) is 5.11. The summed E-state index contributed by atoms with van der Waals surface area (Å²) in [7, 11) is 0. The zero-order valence-corrected chi connectivity index (χ0v) is 9.40. The third-order valence-electron chi connectivity index (χ3n) is 2.49. The molecule has 0 saturated carbocycles. The molecule has 1 fully saturated rings. The maximum absolute atomic E-state index is 11.6. The second-order valence-electron chi connectivity index (χ2n) is 4.25. The van der Waals surface area contributed by atoms with E-state index >= 15 is 0 Å². The number of carbonyl (C=O) groups is 1. The van der Waals surface area contributed by atoms with Gasteiger partial charge in [-0.15, -0.1) is 0 Å². The van der Waals surface area contributed by atoms with Crippen LogP contribution in [0.5, 0.6) is 0 Å². The maximum atomic E-state index is 11.6. The molecule has 0 aromatic heterocycles. The lowest BCUT2D eigenvalue weighted by Crippen LogP contribution is -2.40. The molecule has 0 radical (unpaired) electrons. The van der Waals surface area contributed by atoms with Gasteiger partial charge in [-0.05, 0) is 32.6 Å². The average molecular weight is 210 g/mol. The van der Waals surface area contributed by atoms with E-state index in [9.17, 15) is 4.79 Å². The van der Waals surface area contributed by atoms with Gasteiger partial charge in [-0.1, -0.05) is 0 Å². The van der Waals surface area contributed by atoms with E-state index in [2.05, 4.69) is 6.07 Å². The third kappa shape index (κ3) is 3.78. The summed E-state index contributed by atoms with van der Waals surface area (Å²) in [6, 6.07) is 2.16. The first kappa shape index (κ1) is 11.8. The van der Waals surface area contributed by atoms with Crippen LogP contribution in [0.4, 0.5) is 4.79 Å². The van der Waals surface area contributed by atoms with Crippen LogP contribution in [0.2, 0.25) is 0 Å². The highest BCUT2D eigenvalue weighted by Gasteiger charge is 2.24. The molecule has 1 heterocycles. The lowest BCUT2D eigenvalue weighted by atomic mass is 9.96. The summed E-state index contributed by atoms with van der Waals surface area (Å²) in [5, 5.41) is 8.60. The van der Waals surface area contributed by atoms with Crippen LogP contribution in [0.1, 0.15) is 33.1 Å². The smallest absolute Gasteiger partial charge is 0.410 e. The van der Waals surface area contributed by atoms with Crippen molar-refractivity contribution in [3.63, 3.8) is 0 Å². The van der Waals surface area contributed by atoms with Crippen molar-refractivity contribution in [2.75, 3.05) is 13.1 Å². The van der Waals surface area contributed by atoms with Crippen LogP contribution < -0.4 is 0 Å². The van der Waals surface area contributed by atoms with E-state index in [1.165, 1.54) is 0 Å². The van der Waals surface area contributed by atoms with Crippen molar-refractivity contribution in [1.29, 1.82) is 5.26 Å². The second kappa shape index (κ2) is 5.59. The fourth-order valence-corrected chi connectivity index (χ4v) is 1.80. The Morgan fingerprint density at radius 3 is 3.00 bits per heavy atom. The predicted molar refractivity (Wildman–Crippen MR) is 56.1 cm³/mol. The molecule has 0 bridgehead atoms. The molecule has 1 rings (SSSR count). The molecule has 4 nitrogen and oxygen atoms in total. The number of amides is 1. The monoisotopic (exact) mass is 210 g/mol. The van der Waals surface area contributed by atoms with Crippen LogP contribution in [0, 0.1) is 17.2 Å². The van der Waals surface area contributed by atoms with Crippen molar-refractivity contribution in [1.82, 2.24) is 4.90 Å². The third-order valence-corrected chi connectivity index (χ3v) is 2.49. The lowest BCUT2D eigenvalue weighted by molar-refractivity contribution is 0.0630. The minimum atomic E-state index is -0.243. The fraction of sp³-hybridized carbons (Fsp3) is 0.818. The molecular formula is C11H18N2O2. The zero-order chi connectivity index (χ0) is 11.3. The molecule has 0 N–H and O–H groups in total. The fourth-order valence-electron chi connectivity index (χ4n) is 1.80. The van der Waals surface area contributed by atoms with Crippen LogP contribution in [-0.4, -0.2) is 30.2 Å². The van der Waals surface area contributed by atoms with Crippen molar-refractivity contribution in [3.8, 4) is 6.07 Å². The van der Waals surface area contributed by atoms with Crippen molar-refractivity contribution in [3.05, 3.63) is 0 Å². The van der Waals surface area contributed by atoms with E-state index in [0.717, 1.165) is 19.4 Å². The van der Waals surface area contributed by atoms with Crippen molar-refractivity contribution < 1.29 is 9.53 Å². The van der Waals surface area contributed by atoms with Gasteiger partial charge in [0.05, 0.1) is 12.2 Å². The summed E-state index contributed by atoms with van der Waals surface area (Å²) in [6.07, 6.45) is 2.23. The number of hydrogen-bond acceptors (Lipinski definition) is 3. The minimum Gasteiger partial charge on any atom is -0.447 e. The summed E-state index contributed by atoms with van der Waals surface area (Å²) >= 11 is 0. The van der Waals surface area contributed by atoms with Gasteiger partial charge >= 0.3 is 6.09 Å². The van der Waals surface area contributed by atoms with E-state index < -0.39 is 0 Å². The SMILES string of the molecule is CC(C)OC(=O)N1CCCC(CC#N)C1. The quantitative estimate of drug-likeness (QED) is 0.701.